The number of nitrogens with zero attached hydrogens (tertiary/aromatic N) is 1. The van der Waals surface area contributed by atoms with Gasteiger partial charge in [0.05, 0.1) is 5.69 Å². The molecule has 0 fully saturated rings. The van der Waals surface area contributed by atoms with Gasteiger partial charge in [0.1, 0.15) is 0 Å². The topological polar surface area (TPSA) is 3.24 Å². The van der Waals surface area contributed by atoms with Crippen molar-refractivity contribution in [3.8, 4) is 22.3 Å². The SMILES string of the molecule is c1ccc(-c2ccc(-c3cccc4sc5c6ccccc6c(N(c6ccc7ccccc7c6)c6ccc7ccccc7c6)cc5c34)c3sc4ccccc4c23)cc1. The molecular formula is C54H33NS2. The van der Waals surface area contributed by atoms with Gasteiger partial charge < -0.3 is 4.90 Å². The Hall–Kier alpha value is -6.78. The summed E-state index contributed by atoms with van der Waals surface area (Å²) in [6, 6.07) is 73.9. The minimum Gasteiger partial charge on any atom is -0.310 e. The van der Waals surface area contributed by atoms with E-state index in [9.17, 15) is 0 Å². The summed E-state index contributed by atoms with van der Waals surface area (Å²) < 4.78 is 5.27. The smallest absolute Gasteiger partial charge is 0.0547 e. The first-order valence-electron chi connectivity index (χ1n) is 19.4. The molecule has 0 spiro atoms. The molecule has 0 aliphatic rings. The monoisotopic (exact) mass is 759 g/mol. The second-order valence-electron chi connectivity index (χ2n) is 14.8. The number of hydrogen-bond acceptors (Lipinski definition) is 3. The van der Waals surface area contributed by atoms with Gasteiger partial charge in [0.15, 0.2) is 0 Å². The maximum absolute atomic E-state index is 2.48. The molecule has 57 heavy (non-hydrogen) atoms. The van der Waals surface area contributed by atoms with Gasteiger partial charge in [-0.3, -0.25) is 0 Å². The highest BCUT2D eigenvalue weighted by molar-refractivity contribution is 7.27. The third kappa shape index (κ3) is 5.13. The largest absolute Gasteiger partial charge is 0.310 e. The summed E-state index contributed by atoms with van der Waals surface area (Å²) in [7, 11) is 0. The van der Waals surface area contributed by atoms with Crippen LogP contribution in [0.4, 0.5) is 17.1 Å². The predicted octanol–water partition coefficient (Wildman–Crippen LogP) is 16.7. The zero-order chi connectivity index (χ0) is 37.5. The number of thiophene rings is 2. The number of fused-ring (bicyclic) bond motifs is 10. The molecule has 2 aromatic heterocycles. The normalized spacial score (nSPS) is 11.9. The van der Waals surface area contributed by atoms with Crippen molar-refractivity contribution < 1.29 is 0 Å². The minimum atomic E-state index is 1.14. The van der Waals surface area contributed by atoms with Gasteiger partial charge in [0.25, 0.3) is 0 Å². The van der Waals surface area contributed by atoms with Crippen molar-refractivity contribution in [2.24, 2.45) is 0 Å². The highest BCUT2D eigenvalue weighted by atomic mass is 32.1. The van der Waals surface area contributed by atoms with Crippen LogP contribution in [0.1, 0.15) is 0 Å². The first-order valence-corrected chi connectivity index (χ1v) is 21.0. The van der Waals surface area contributed by atoms with Gasteiger partial charge in [0.2, 0.25) is 0 Å². The molecule has 0 amide bonds. The van der Waals surface area contributed by atoms with E-state index in [-0.39, 0.29) is 0 Å². The summed E-state index contributed by atoms with van der Waals surface area (Å²) in [6.45, 7) is 0. The lowest BCUT2D eigenvalue weighted by Crippen LogP contribution is -2.10. The fraction of sp³-hybridized carbons (Fsp3) is 0. The van der Waals surface area contributed by atoms with E-state index in [1.54, 1.807) is 0 Å². The quantitative estimate of drug-likeness (QED) is 0.169. The summed E-state index contributed by atoms with van der Waals surface area (Å²) >= 11 is 3.82. The Morgan fingerprint density at radius 3 is 1.63 bits per heavy atom. The highest BCUT2D eigenvalue weighted by Crippen LogP contribution is 2.51. The summed E-state index contributed by atoms with van der Waals surface area (Å²) in [5.41, 5.74) is 8.53. The number of hydrogen-bond donors (Lipinski definition) is 0. The van der Waals surface area contributed by atoms with Crippen LogP contribution < -0.4 is 4.90 Å². The van der Waals surface area contributed by atoms with Gasteiger partial charge in [-0.2, -0.15) is 0 Å². The van der Waals surface area contributed by atoms with Crippen LogP contribution in [-0.4, -0.2) is 0 Å². The molecule has 0 radical (unpaired) electrons. The summed E-state index contributed by atoms with van der Waals surface area (Å²) in [5, 5.41) is 12.7. The lowest BCUT2D eigenvalue weighted by atomic mass is 9.92. The van der Waals surface area contributed by atoms with E-state index in [0.717, 1.165) is 11.4 Å². The van der Waals surface area contributed by atoms with Crippen LogP contribution in [-0.2, 0) is 0 Å². The van der Waals surface area contributed by atoms with Crippen LogP contribution in [0.25, 0.3) is 94.9 Å². The number of rotatable bonds is 5. The van der Waals surface area contributed by atoms with Crippen LogP contribution in [0.2, 0.25) is 0 Å². The molecule has 2 heterocycles. The standard InChI is InChI=1S/C54H33NS2/c1-2-15-36(16-3-1)41-29-30-45(54-52(41)46-21-10-11-23-49(46)56-54)43-22-12-24-50-51(43)47-33-48(42-19-8-9-20-44(42)53(47)57-50)55(39-27-25-34-13-4-6-17-37(34)31-39)40-28-26-35-14-5-7-18-38(35)32-40/h1-33H. The average molecular weight is 760 g/mol. The molecule has 266 valence electrons. The zero-order valence-electron chi connectivity index (χ0n) is 30.8. The molecule has 12 rings (SSSR count). The van der Waals surface area contributed by atoms with Crippen molar-refractivity contribution >= 4 is 112 Å². The molecule has 0 aliphatic carbocycles. The van der Waals surface area contributed by atoms with Crippen LogP contribution in [0.3, 0.4) is 0 Å². The molecule has 0 atom stereocenters. The maximum Gasteiger partial charge on any atom is 0.0547 e. The maximum atomic E-state index is 2.48. The number of anilines is 3. The van der Waals surface area contributed by atoms with Gasteiger partial charge in [0, 0.05) is 68.1 Å². The van der Waals surface area contributed by atoms with E-state index >= 15 is 0 Å². The molecule has 0 saturated carbocycles. The Morgan fingerprint density at radius 1 is 0.316 bits per heavy atom. The van der Waals surface area contributed by atoms with Crippen LogP contribution in [0.5, 0.6) is 0 Å². The van der Waals surface area contributed by atoms with Gasteiger partial charge in [-0.05, 0) is 80.7 Å². The fourth-order valence-electron chi connectivity index (χ4n) is 9.00. The molecule has 3 heteroatoms. The Morgan fingerprint density at radius 2 is 0.895 bits per heavy atom. The van der Waals surface area contributed by atoms with Crippen molar-refractivity contribution in [1.29, 1.82) is 0 Å². The Labute approximate surface area is 337 Å². The van der Waals surface area contributed by atoms with Crippen molar-refractivity contribution in [2.75, 3.05) is 4.90 Å². The van der Waals surface area contributed by atoms with E-state index in [1.165, 1.54) is 101 Å². The first kappa shape index (κ1) is 32.5. The Balaban J connectivity index is 1.17. The zero-order valence-corrected chi connectivity index (χ0v) is 32.4. The second-order valence-corrected chi connectivity index (χ2v) is 16.9. The van der Waals surface area contributed by atoms with Crippen molar-refractivity contribution in [1.82, 2.24) is 0 Å². The molecule has 10 aromatic carbocycles. The molecule has 0 unspecified atom stereocenters. The van der Waals surface area contributed by atoms with Crippen molar-refractivity contribution in [3.63, 3.8) is 0 Å². The molecular weight excluding hydrogens is 727 g/mol. The average Bonchev–Trinajstić information content (AvgIpc) is 3.86. The molecule has 0 aliphatic heterocycles. The Bertz CT molecular complexity index is 3460. The predicted molar refractivity (Wildman–Crippen MR) is 250 cm³/mol. The van der Waals surface area contributed by atoms with E-state index in [2.05, 4.69) is 205 Å². The van der Waals surface area contributed by atoms with Gasteiger partial charge >= 0.3 is 0 Å². The Kier molecular flexibility index (Phi) is 7.34. The first-order chi connectivity index (χ1) is 28.3. The molecule has 0 bridgehead atoms. The lowest BCUT2D eigenvalue weighted by molar-refractivity contribution is 1.31. The van der Waals surface area contributed by atoms with Gasteiger partial charge in [-0.15, -0.1) is 22.7 Å². The highest BCUT2D eigenvalue weighted by Gasteiger charge is 2.23. The van der Waals surface area contributed by atoms with Crippen molar-refractivity contribution in [2.45, 2.75) is 0 Å². The van der Waals surface area contributed by atoms with Gasteiger partial charge in [-0.1, -0.05) is 158 Å². The van der Waals surface area contributed by atoms with E-state index in [1.807, 2.05) is 22.7 Å². The van der Waals surface area contributed by atoms with E-state index < -0.39 is 0 Å². The molecule has 0 saturated heterocycles. The van der Waals surface area contributed by atoms with Crippen molar-refractivity contribution in [3.05, 3.63) is 200 Å². The van der Waals surface area contributed by atoms with E-state index in [4.69, 9.17) is 0 Å². The van der Waals surface area contributed by atoms with Crippen LogP contribution >= 0.6 is 22.7 Å². The fourth-order valence-corrected chi connectivity index (χ4v) is 11.5. The minimum absolute atomic E-state index is 1.14. The molecule has 1 nitrogen and oxygen atoms in total. The third-order valence-corrected chi connectivity index (χ3v) is 14.0. The second kappa shape index (κ2) is 12.9. The van der Waals surface area contributed by atoms with Crippen LogP contribution in [0.15, 0.2) is 200 Å². The summed E-state index contributed by atoms with van der Waals surface area (Å²) in [6.07, 6.45) is 0. The molecule has 0 N–H and O–H groups in total. The van der Waals surface area contributed by atoms with E-state index in [0.29, 0.717) is 0 Å². The lowest BCUT2D eigenvalue weighted by Gasteiger charge is -2.28. The summed E-state index contributed by atoms with van der Waals surface area (Å²) in [5.74, 6) is 0. The van der Waals surface area contributed by atoms with Crippen LogP contribution in [0, 0.1) is 0 Å². The summed E-state index contributed by atoms with van der Waals surface area (Å²) in [4.78, 5) is 2.48. The number of benzene rings is 10. The van der Waals surface area contributed by atoms with Gasteiger partial charge in [-0.25, -0.2) is 0 Å². The molecule has 12 aromatic rings. The third-order valence-electron chi connectivity index (χ3n) is 11.6.